The summed E-state index contributed by atoms with van der Waals surface area (Å²) in [4.78, 5) is 4.28. The molecule has 1 aromatic carbocycles. The molecular weight excluding hydrogens is 332 g/mol. The lowest BCUT2D eigenvalue weighted by molar-refractivity contribution is 0.0320. The van der Waals surface area contributed by atoms with Crippen molar-refractivity contribution in [2.75, 3.05) is 39.7 Å². The molecule has 0 saturated carbocycles. The van der Waals surface area contributed by atoms with Crippen molar-refractivity contribution < 1.29 is 18.6 Å². The van der Waals surface area contributed by atoms with E-state index in [1.54, 1.807) is 6.20 Å². The van der Waals surface area contributed by atoms with E-state index in [2.05, 4.69) is 42.2 Å². The van der Waals surface area contributed by atoms with Crippen molar-refractivity contribution >= 4 is 12.2 Å². The molecule has 0 unspecified atom stereocenters. The van der Waals surface area contributed by atoms with Crippen molar-refractivity contribution in [3.05, 3.63) is 59.3 Å². The Labute approximate surface area is 154 Å². The van der Waals surface area contributed by atoms with Gasteiger partial charge in [0, 0.05) is 12.3 Å². The smallest absolute Gasteiger partial charge is 0.213 e. The van der Waals surface area contributed by atoms with E-state index < -0.39 is 6.67 Å². The maximum atomic E-state index is 11.8. The molecule has 0 amide bonds. The first-order chi connectivity index (χ1) is 12.8. The van der Waals surface area contributed by atoms with Crippen LogP contribution in [0.25, 0.3) is 12.2 Å². The van der Waals surface area contributed by atoms with Crippen LogP contribution in [0, 0.1) is 0 Å². The van der Waals surface area contributed by atoms with Crippen LogP contribution in [-0.2, 0) is 15.9 Å². The molecule has 0 fully saturated rings. The Kier molecular flexibility index (Phi) is 9.40. The SMILES string of the molecule is CCc1ccc(/C=C/c2ccc(OCCOCCOCC[18F])nc2)cc1. The van der Waals surface area contributed by atoms with E-state index in [-0.39, 0.29) is 6.61 Å². The second-order valence-corrected chi connectivity index (χ2v) is 5.62. The highest BCUT2D eigenvalue weighted by molar-refractivity contribution is 5.69. The monoisotopic (exact) mass is 358 g/mol. The van der Waals surface area contributed by atoms with Gasteiger partial charge in [-0.25, -0.2) is 9.37 Å². The average Bonchev–Trinajstić information content (AvgIpc) is 2.69. The number of pyridine rings is 1. The highest BCUT2D eigenvalue weighted by atomic mass is 18.2. The number of hydrogen-bond acceptors (Lipinski definition) is 4. The van der Waals surface area contributed by atoms with Crippen LogP contribution >= 0.6 is 0 Å². The number of halogens is 1. The second kappa shape index (κ2) is 12.2. The van der Waals surface area contributed by atoms with E-state index in [4.69, 9.17) is 14.2 Å². The number of alkyl halides is 1. The number of benzene rings is 1. The molecule has 0 spiro atoms. The first-order valence-electron chi connectivity index (χ1n) is 8.89. The zero-order valence-corrected chi connectivity index (χ0v) is 15.2. The van der Waals surface area contributed by atoms with E-state index in [0.29, 0.717) is 32.3 Å². The number of nitrogens with zero attached hydrogens (tertiary/aromatic N) is 1. The molecule has 26 heavy (non-hydrogen) atoms. The Morgan fingerprint density at radius 1 is 0.846 bits per heavy atom. The summed E-state index contributed by atoms with van der Waals surface area (Å²) >= 11 is 0. The molecule has 0 N–H and O–H groups in total. The number of aryl methyl sites for hydroxylation is 1. The third kappa shape index (κ3) is 7.76. The summed E-state index contributed by atoms with van der Waals surface area (Å²) in [5.74, 6) is 0.562. The van der Waals surface area contributed by atoms with E-state index in [1.807, 2.05) is 18.2 Å². The van der Waals surface area contributed by atoms with Gasteiger partial charge in [-0.1, -0.05) is 43.3 Å². The van der Waals surface area contributed by atoms with Gasteiger partial charge in [0.25, 0.3) is 0 Å². The van der Waals surface area contributed by atoms with E-state index in [0.717, 1.165) is 17.5 Å². The molecule has 1 aromatic heterocycles. The van der Waals surface area contributed by atoms with Crippen molar-refractivity contribution in [1.82, 2.24) is 4.98 Å². The molecule has 0 aliphatic carbocycles. The van der Waals surface area contributed by atoms with Gasteiger partial charge in [0.05, 0.1) is 26.4 Å². The topological polar surface area (TPSA) is 40.6 Å². The Morgan fingerprint density at radius 2 is 1.50 bits per heavy atom. The zero-order chi connectivity index (χ0) is 18.5. The van der Waals surface area contributed by atoms with Crippen LogP contribution in [0.1, 0.15) is 23.6 Å². The molecule has 0 bridgehead atoms. The molecular formula is C21H26FNO3. The number of rotatable bonds is 12. The number of aromatic nitrogens is 1. The van der Waals surface area contributed by atoms with Crippen LogP contribution in [0.2, 0.25) is 0 Å². The van der Waals surface area contributed by atoms with Crippen LogP contribution in [0.15, 0.2) is 42.6 Å². The summed E-state index contributed by atoms with van der Waals surface area (Å²) in [5.41, 5.74) is 3.51. The largest absolute Gasteiger partial charge is 0.475 e. The summed E-state index contributed by atoms with van der Waals surface area (Å²) in [6, 6.07) is 12.3. The molecule has 5 heteroatoms. The molecule has 140 valence electrons. The Bertz CT molecular complexity index is 641. The summed E-state index contributed by atoms with van der Waals surface area (Å²) in [5, 5.41) is 0. The van der Waals surface area contributed by atoms with E-state index >= 15 is 0 Å². The summed E-state index contributed by atoms with van der Waals surface area (Å²) in [6.07, 6.45) is 6.92. The third-order valence-corrected chi connectivity index (χ3v) is 3.69. The summed E-state index contributed by atoms with van der Waals surface area (Å²) < 4.78 is 27.6. The Hall–Kier alpha value is -2.24. The van der Waals surface area contributed by atoms with Crippen molar-refractivity contribution in [3.8, 4) is 5.88 Å². The number of hydrogen-bond donors (Lipinski definition) is 0. The van der Waals surface area contributed by atoms with Gasteiger partial charge in [-0.3, -0.25) is 0 Å². The molecule has 2 aromatic rings. The molecule has 0 atom stereocenters. The van der Waals surface area contributed by atoms with Gasteiger partial charge in [-0.15, -0.1) is 0 Å². The van der Waals surface area contributed by atoms with Gasteiger partial charge in [0.1, 0.15) is 13.3 Å². The minimum absolute atomic E-state index is 0.120. The Balaban J connectivity index is 1.68. The third-order valence-electron chi connectivity index (χ3n) is 3.69. The molecule has 2 rings (SSSR count). The Morgan fingerprint density at radius 3 is 2.15 bits per heavy atom. The van der Waals surface area contributed by atoms with Gasteiger partial charge in [0.2, 0.25) is 5.88 Å². The van der Waals surface area contributed by atoms with Crippen molar-refractivity contribution in [3.63, 3.8) is 0 Å². The van der Waals surface area contributed by atoms with Gasteiger partial charge < -0.3 is 14.2 Å². The highest BCUT2D eigenvalue weighted by Crippen LogP contribution is 2.12. The van der Waals surface area contributed by atoms with Crippen LogP contribution in [0.3, 0.4) is 0 Å². The molecule has 0 aliphatic rings. The van der Waals surface area contributed by atoms with E-state index in [9.17, 15) is 4.39 Å². The fourth-order valence-corrected chi connectivity index (χ4v) is 2.21. The standard InChI is InChI=1S/C21H26FNO3/c1-2-18-3-5-19(6-4-18)7-8-20-9-10-21(23-17-20)26-16-15-25-14-13-24-12-11-22/h3-10,17H,2,11-16H2,1H3/b8-7+/i22-1. The summed E-state index contributed by atoms with van der Waals surface area (Å²) in [6.45, 7) is 3.48. The first kappa shape index (κ1) is 20.1. The van der Waals surface area contributed by atoms with Gasteiger partial charge in [0.15, 0.2) is 0 Å². The number of ether oxygens (including phenoxy) is 3. The van der Waals surface area contributed by atoms with Crippen molar-refractivity contribution in [2.45, 2.75) is 13.3 Å². The molecule has 0 radical (unpaired) electrons. The van der Waals surface area contributed by atoms with Crippen LogP contribution in [0.4, 0.5) is 4.39 Å². The van der Waals surface area contributed by atoms with Gasteiger partial charge in [-0.2, -0.15) is 0 Å². The quantitative estimate of drug-likeness (QED) is 0.533. The molecule has 1 heterocycles. The predicted octanol–water partition coefficient (Wildman–Crippen LogP) is 4.20. The fraction of sp³-hybridized carbons (Fsp3) is 0.381. The second-order valence-electron chi connectivity index (χ2n) is 5.62. The van der Waals surface area contributed by atoms with Crippen LogP contribution < -0.4 is 4.74 Å². The van der Waals surface area contributed by atoms with E-state index in [1.165, 1.54) is 5.56 Å². The lowest BCUT2D eigenvalue weighted by atomic mass is 10.1. The normalized spacial score (nSPS) is 11.2. The maximum Gasteiger partial charge on any atom is 0.213 e. The minimum Gasteiger partial charge on any atom is -0.475 e. The van der Waals surface area contributed by atoms with Gasteiger partial charge >= 0.3 is 0 Å². The molecule has 0 aliphatic heterocycles. The summed E-state index contributed by atoms with van der Waals surface area (Å²) in [7, 11) is 0. The maximum absolute atomic E-state index is 11.8. The fourth-order valence-electron chi connectivity index (χ4n) is 2.21. The predicted molar refractivity (Wildman–Crippen MR) is 102 cm³/mol. The van der Waals surface area contributed by atoms with Gasteiger partial charge in [-0.05, 0) is 29.2 Å². The van der Waals surface area contributed by atoms with Crippen LogP contribution in [0.5, 0.6) is 5.88 Å². The lowest BCUT2D eigenvalue weighted by Gasteiger charge is -2.06. The lowest BCUT2D eigenvalue weighted by Crippen LogP contribution is -2.11. The van der Waals surface area contributed by atoms with Crippen molar-refractivity contribution in [1.29, 1.82) is 0 Å². The van der Waals surface area contributed by atoms with Crippen LogP contribution in [-0.4, -0.2) is 44.7 Å². The molecule has 0 saturated heterocycles. The first-order valence-corrected chi connectivity index (χ1v) is 8.89. The van der Waals surface area contributed by atoms with Crippen molar-refractivity contribution in [2.24, 2.45) is 0 Å². The zero-order valence-electron chi connectivity index (χ0n) is 15.2. The average molecular weight is 358 g/mol. The highest BCUT2D eigenvalue weighted by Gasteiger charge is 1.97. The minimum atomic E-state index is -0.467. The molecule has 4 nitrogen and oxygen atoms in total.